The van der Waals surface area contributed by atoms with Crippen molar-refractivity contribution >= 4 is 23.2 Å². The van der Waals surface area contributed by atoms with E-state index in [0.717, 1.165) is 29.8 Å². The molecule has 0 aromatic heterocycles. The van der Waals surface area contributed by atoms with Crippen LogP contribution in [0.1, 0.15) is 23.6 Å². The Bertz CT molecular complexity index is 713. The van der Waals surface area contributed by atoms with Crippen molar-refractivity contribution in [3.8, 4) is 0 Å². The molecule has 3 nitrogen and oxygen atoms in total. The van der Waals surface area contributed by atoms with Gasteiger partial charge in [-0.05, 0) is 42.3 Å². The summed E-state index contributed by atoms with van der Waals surface area (Å²) in [4.78, 5) is 12.7. The van der Waals surface area contributed by atoms with Gasteiger partial charge in [-0.3, -0.25) is 4.79 Å². The van der Waals surface area contributed by atoms with Crippen LogP contribution < -0.4 is 10.6 Å². The molecule has 2 aromatic rings. The fourth-order valence-electron chi connectivity index (χ4n) is 3.66. The summed E-state index contributed by atoms with van der Waals surface area (Å²) in [5.74, 6) is 0.0913. The number of nitrogens with one attached hydrogen (secondary N) is 2. The highest BCUT2D eigenvalue weighted by atomic mass is 35.5. The van der Waals surface area contributed by atoms with Crippen LogP contribution in [0.3, 0.4) is 0 Å². The standard InChI is InChI=1S/C17H15ClN2O/c18-12-7-5-11(6-8-12)15-17(9-10-19-15)13-3-1-2-4-14(13)20-16(17)21/h1-8,15,19H,9-10H2,(H,20,21)/t15-,17+/m1/s1. The number of amides is 1. The number of fused-ring (bicyclic) bond motifs is 2. The van der Waals surface area contributed by atoms with E-state index in [2.05, 4.69) is 16.7 Å². The van der Waals surface area contributed by atoms with Crippen LogP contribution in [-0.4, -0.2) is 12.5 Å². The topological polar surface area (TPSA) is 41.1 Å². The number of rotatable bonds is 1. The highest BCUT2D eigenvalue weighted by Crippen LogP contribution is 2.50. The van der Waals surface area contributed by atoms with E-state index in [4.69, 9.17) is 11.6 Å². The van der Waals surface area contributed by atoms with Gasteiger partial charge in [0.15, 0.2) is 0 Å². The first-order valence-corrected chi connectivity index (χ1v) is 7.49. The van der Waals surface area contributed by atoms with Crippen molar-refractivity contribution in [3.05, 3.63) is 64.7 Å². The lowest BCUT2D eigenvalue weighted by Gasteiger charge is -2.29. The second-order valence-electron chi connectivity index (χ2n) is 5.66. The summed E-state index contributed by atoms with van der Waals surface area (Å²) in [7, 11) is 0. The molecular weight excluding hydrogens is 284 g/mol. The molecule has 2 atom stereocenters. The first-order valence-electron chi connectivity index (χ1n) is 7.11. The third-order valence-corrected chi connectivity index (χ3v) is 4.88. The average molecular weight is 299 g/mol. The van der Waals surface area contributed by atoms with E-state index >= 15 is 0 Å². The SMILES string of the molecule is O=C1Nc2ccccc2[C@]12CCN[C@@H]2c1ccc(Cl)cc1. The normalized spacial score (nSPS) is 26.9. The summed E-state index contributed by atoms with van der Waals surface area (Å²) in [6, 6.07) is 15.7. The molecule has 0 unspecified atom stereocenters. The largest absolute Gasteiger partial charge is 0.325 e. The van der Waals surface area contributed by atoms with Gasteiger partial charge in [0, 0.05) is 10.7 Å². The maximum absolute atomic E-state index is 12.7. The molecule has 2 aliphatic rings. The maximum atomic E-state index is 12.7. The summed E-state index contributed by atoms with van der Waals surface area (Å²) in [5, 5.41) is 7.24. The van der Waals surface area contributed by atoms with Gasteiger partial charge in [0.2, 0.25) is 5.91 Å². The summed E-state index contributed by atoms with van der Waals surface area (Å²) in [6.45, 7) is 0.828. The van der Waals surface area contributed by atoms with E-state index < -0.39 is 5.41 Å². The number of carbonyl (C=O) groups is 1. The van der Waals surface area contributed by atoms with E-state index in [1.807, 2.05) is 42.5 Å². The number of benzene rings is 2. The molecule has 2 N–H and O–H groups in total. The van der Waals surface area contributed by atoms with E-state index in [1.165, 1.54) is 0 Å². The Morgan fingerprint density at radius 1 is 1.10 bits per heavy atom. The van der Waals surface area contributed by atoms with Crippen LogP contribution in [-0.2, 0) is 10.2 Å². The maximum Gasteiger partial charge on any atom is 0.237 e. The zero-order valence-electron chi connectivity index (χ0n) is 11.4. The van der Waals surface area contributed by atoms with Crippen LogP contribution in [0.4, 0.5) is 5.69 Å². The Morgan fingerprint density at radius 2 is 1.86 bits per heavy atom. The van der Waals surface area contributed by atoms with Crippen LogP contribution in [0.25, 0.3) is 0 Å². The molecule has 1 fully saturated rings. The molecule has 1 saturated heterocycles. The first-order chi connectivity index (χ1) is 10.2. The summed E-state index contributed by atoms with van der Waals surface area (Å²) in [5.41, 5.74) is 2.62. The fraction of sp³-hybridized carbons (Fsp3) is 0.235. The third kappa shape index (κ3) is 1.74. The summed E-state index contributed by atoms with van der Waals surface area (Å²) in [6.07, 6.45) is 0.809. The number of carbonyl (C=O) groups excluding carboxylic acids is 1. The molecule has 4 heteroatoms. The zero-order chi connectivity index (χ0) is 14.4. The Hall–Kier alpha value is -1.84. The second kappa shape index (κ2) is 4.58. The van der Waals surface area contributed by atoms with Gasteiger partial charge in [0.05, 0.1) is 11.5 Å². The number of halogens is 1. The van der Waals surface area contributed by atoms with E-state index in [1.54, 1.807) is 0 Å². The monoisotopic (exact) mass is 298 g/mol. The molecule has 0 aliphatic carbocycles. The third-order valence-electron chi connectivity index (χ3n) is 4.63. The number of hydrogen-bond donors (Lipinski definition) is 2. The van der Waals surface area contributed by atoms with Crippen LogP contribution >= 0.6 is 11.6 Å². The van der Waals surface area contributed by atoms with Crippen molar-refractivity contribution in [3.63, 3.8) is 0 Å². The average Bonchev–Trinajstić information content (AvgIpc) is 3.05. The van der Waals surface area contributed by atoms with Crippen molar-refractivity contribution in [2.75, 3.05) is 11.9 Å². The van der Waals surface area contributed by atoms with E-state index in [0.29, 0.717) is 5.02 Å². The van der Waals surface area contributed by atoms with Crippen molar-refractivity contribution in [2.45, 2.75) is 17.9 Å². The van der Waals surface area contributed by atoms with Gasteiger partial charge in [0.25, 0.3) is 0 Å². The van der Waals surface area contributed by atoms with Crippen molar-refractivity contribution in [2.24, 2.45) is 0 Å². The lowest BCUT2D eigenvalue weighted by atomic mass is 9.73. The molecule has 106 valence electrons. The quantitative estimate of drug-likeness (QED) is 0.848. The molecule has 0 bridgehead atoms. The van der Waals surface area contributed by atoms with Crippen LogP contribution in [0.15, 0.2) is 48.5 Å². The highest BCUT2D eigenvalue weighted by Gasteiger charge is 2.55. The van der Waals surface area contributed by atoms with E-state index in [9.17, 15) is 4.79 Å². The van der Waals surface area contributed by atoms with Crippen LogP contribution in [0, 0.1) is 0 Å². The highest BCUT2D eigenvalue weighted by molar-refractivity contribution is 6.30. The zero-order valence-corrected chi connectivity index (χ0v) is 12.2. The smallest absolute Gasteiger partial charge is 0.237 e. The minimum Gasteiger partial charge on any atom is -0.325 e. The van der Waals surface area contributed by atoms with Gasteiger partial charge in [-0.25, -0.2) is 0 Å². The predicted molar refractivity (Wildman–Crippen MR) is 83.6 cm³/mol. The Balaban J connectivity index is 1.86. The summed E-state index contributed by atoms with van der Waals surface area (Å²) < 4.78 is 0. The number of para-hydroxylation sites is 1. The van der Waals surface area contributed by atoms with Gasteiger partial charge in [0.1, 0.15) is 0 Å². The molecule has 2 heterocycles. The fourth-order valence-corrected chi connectivity index (χ4v) is 3.79. The lowest BCUT2D eigenvalue weighted by molar-refractivity contribution is -0.121. The number of hydrogen-bond acceptors (Lipinski definition) is 2. The second-order valence-corrected chi connectivity index (χ2v) is 6.10. The van der Waals surface area contributed by atoms with E-state index in [-0.39, 0.29) is 11.9 Å². The minimum atomic E-state index is -0.510. The molecule has 2 aromatic carbocycles. The van der Waals surface area contributed by atoms with Gasteiger partial charge < -0.3 is 10.6 Å². The Labute approximate surface area is 128 Å². The van der Waals surface area contributed by atoms with Gasteiger partial charge >= 0.3 is 0 Å². The van der Waals surface area contributed by atoms with Gasteiger partial charge in [-0.1, -0.05) is 41.9 Å². The van der Waals surface area contributed by atoms with Crippen molar-refractivity contribution in [1.29, 1.82) is 0 Å². The molecule has 0 saturated carbocycles. The molecular formula is C17H15ClN2O. The van der Waals surface area contributed by atoms with Crippen LogP contribution in [0.5, 0.6) is 0 Å². The molecule has 0 radical (unpaired) electrons. The van der Waals surface area contributed by atoms with Gasteiger partial charge in [-0.15, -0.1) is 0 Å². The summed E-state index contributed by atoms with van der Waals surface area (Å²) >= 11 is 5.98. The molecule has 21 heavy (non-hydrogen) atoms. The molecule has 2 aliphatic heterocycles. The Morgan fingerprint density at radius 3 is 2.67 bits per heavy atom. The van der Waals surface area contributed by atoms with Crippen molar-refractivity contribution in [1.82, 2.24) is 5.32 Å². The number of anilines is 1. The Kier molecular flexibility index (Phi) is 2.81. The minimum absolute atomic E-state index is 0.0154. The van der Waals surface area contributed by atoms with Crippen molar-refractivity contribution < 1.29 is 4.79 Å². The van der Waals surface area contributed by atoms with Crippen LogP contribution in [0.2, 0.25) is 5.02 Å². The molecule has 4 rings (SSSR count). The lowest BCUT2D eigenvalue weighted by Crippen LogP contribution is -2.39. The predicted octanol–water partition coefficient (Wildman–Crippen LogP) is 3.26. The molecule has 1 spiro atoms. The molecule has 1 amide bonds. The first kappa shape index (κ1) is 12.9. The van der Waals surface area contributed by atoms with Gasteiger partial charge in [-0.2, -0.15) is 0 Å².